The van der Waals surface area contributed by atoms with Gasteiger partial charge in [-0.25, -0.2) is 4.68 Å². The van der Waals surface area contributed by atoms with E-state index in [1.807, 2.05) is 0 Å². The molecule has 1 amide bonds. The third kappa shape index (κ3) is 2.19. The van der Waals surface area contributed by atoms with Crippen LogP contribution in [-0.2, 0) is 9.59 Å². The summed E-state index contributed by atoms with van der Waals surface area (Å²) in [5, 5.41) is 21.8. The number of amidine groups is 1. The number of amides is 1. The average Bonchev–Trinajstić information content (AvgIpc) is 2.82. The zero-order valence-electron chi connectivity index (χ0n) is 7.94. The molecule has 1 aromatic rings. The first kappa shape index (κ1) is 10.6. The lowest BCUT2D eigenvalue weighted by atomic mass is 10.5. The third-order valence-electron chi connectivity index (χ3n) is 1.75. The molecule has 1 aromatic heterocycles. The Balaban J connectivity index is 2.20. The molecule has 0 radical (unpaired) electrons. The van der Waals surface area contributed by atoms with E-state index in [0.29, 0.717) is 5.17 Å². The van der Waals surface area contributed by atoms with Crippen LogP contribution in [0.5, 0.6) is 0 Å². The van der Waals surface area contributed by atoms with Gasteiger partial charge in [-0.15, -0.1) is 15.3 Å². The van der Waals surface area contributed by atoms with E-state index in [9.17, 15) is 14.7 Å². The Labute approximate surface area is 93.9 Å². The summed E-state index contributed by atoms with van der Waals surface area (Å²) in [6, 6.07) is 0. The number of thioether (sulfide) groups is 1. The Kier molecular flexibility index (Phi) is 2.86. The average molecular weight is 240 g/mol. The fourth-order valence-electron chi connectivity index (χ4n) is 1.10. The molecule has 0 atom stereocenters. The van der Waals surface area contributed by atoms with E-state index in [1.54, 1.807) is 0 Å². The van der Waals surface area contributed by atoms with Crippen molar-refractivity contribution in [2.45, 2.75) is 0 Å². The summed E-state index contributed by atoms with van der Waals surface area (Å²) in [6.45, 7) is -0.493. The standard InChI is InChI=1S/C7H7N5O3S/c13-5-2-16-7(12(5)1-6(14)15)10-11-3-8-9-4-11/h3-4H,1-2H2,(H,14,15)/p-1/b10-7+. The van der Waals surface area contributed by atoms with Gasteiger partial charge < -0.3 is 9.90 Å². The van der Waals surface area contributed by atoms with E-state index in [2.05, 4.69) is 15.3 Å². The number of carbonyl (C=O) groups is 2. The van der Waals surface area contributed by atoms with Crippen molar-refractivity contribution >= 4 is 28.8 Å². The Morgan fingerprint density at radius 2 is 2.25 bits per heavy atom. The van der Waals surface area contributed by atoms with Gasteiger partial charge in [0.25, 0.3) is 0 Å². The molecular formula is C7H6N5O3S-. The summed E-state index contributed by atoms with van der Waals surface area (Å²) in [6.07, 6.45) is 2.68. The highest BCUT2D eigenvalue weighted by Gasteiger charge is 2.28. The van der Waals surface area contributed by atoms with E-state index in [-0.39, 0.29) is 11.7 Å². The summed E-state index contributed by atoms with van der Waals surface area (Å²) in [5.74, 6) is -1.46. The van der Waals surface area contributed by atoms with Crippen molar-refractivity contribution in [2.24, 2.45) is 5.10 Å². The largest absolute Gasteiger partial charge is 0.548 e. The third-order valence-corrected chi connectivity index (χ3v) is 2.70. The minimum atomic E-state index is -1.33. The van der Waals surface area contributed by atoms with E-state index < -0.39 is 12.5 Å². The van der Waals surface area contributed by atoms with Gasteiger partial charge in [0.15, 0.2) is 5.17 Å². The van der Waals surface area contributed by atoms with Crippen LogP contribution in [0, 0.1) is 0 Å². The predicted octanol–water partition coefficient (Wildman–Crippen LogP) is -2.28. The van der Waals surface area contributed by atoms with Crippen LogP contribution in [0.2, 0.25) is 0 Å². The van der Waals surface area contributed by atoms with E-state index in [0.717, 1.165) is 16.7 Å². The van der Waals surface area contributed by atoms with Crippen LogP contribution in [0.4, 0.5) is 0 Å². The first-order chi connectivity index (χ1) is 7.66. The highest BCUT2D eigenvalue weighted by molar-refractivity contribution is 8.15. The second-order valence-electron chi connectivity index (χ2n) is 2.87. The van der Waals surface area contributed by atoms with Crippen molar-refractivity contribution in [3.05, 3.63) is 12.7 Å². The van der Waals surface area contributed by atoms with E-state index in [4.69, 9.17) is 0 Å². The van der Waals surface area contributed by atoms with Gasteiger partial charge in [0.1, 0.15) is 12.7 Å². The lowest BCUT2D eigenvalue weighted by Crippen LogP contribution is -2.41. The zero-order chi connectivity index (χ0) is 11.5. The molecule has 0 aromatic carbocycles. The Morgan fingerprint density at radius 3 is 2.88 bits per heavy atom. The normalized spacial score (nSPS) is 18.4. The summed E-state index contributed by atoms with van der Waals surface area (Å²) in [7, 11) is 0. The number of aliphatic carboxylic acids is 1. The monoisotopic (exact) mass is 240 g/mol. The first-order valence-corrected chi connectivity index (χ1v) is 5.22. The Morgan fingerprint density at radius 1 is 1.56 bits per heavy atom. The maximum absolute atomic E-state index is 11.3. The van der Waals surface area contributed by atoms with Crippen LogP contribution < -0.4 is 5.11 Å². The number of aromatic nitrogens is 3. The highest BCUT2D eigenvalue weighted by atomic mass is 32.2. The van der Waals surface area contributed by atoms with Gasteiger partial charge in [-0.3, -0.25) is 9.69 Å². The highest BCUT2D eigenvalue weighted by Crippen LogP contribution is 2.18. The topological polar surface area (TPSA) is 104 Å². The molecule has 1 aliphatic heterocycles. The van der Waals surface area contributed by atoms with Crippen LogP contribution in [0.25, 0.3) is 0 Å². The fraction of sp³-hybridized carbons (Fsp3) is 0.286. The molecule has 0 spiro atoms. The lowest BCUT2D eigenvalue weighted by molar-refractivity contribution is -0.305. The number of hydrogen-bond donors (Lipinski definition) is 0. The first-order valence-electron chi connectivity index (χ1n) is 4.23. The van der Waals surface area contributed by atoms with Crippen molar-refractivity contribution in [1.29, 1.82) is 0 Å². The number of nitrogens with zero attached hydrogens (tertiary/aromatic N) is 5. The Hall–Kier alpha value is -1.90. The Bertz CT molecular complexity index is 443. The van der Waals surface area contributed by atoms with Crippen molar-refractivity contribution in [3.8, 4) is 0 Å². The number of carboxylic acids is 1. The number of hydrogen-bond acceptors (Lipinski definition) is 7. The van der Waals surface area contributed by atoms with Gasteiger partial charge in [-0.2, -0.15) is 0 Å². The zero-order valence-corrected chi connectivity index (χ0v) is 8.75. The molecule has 1 aliphatic rings. The molecule has 0 aliphatic carbocycles. The van der Waals surface area contributed by atoms with Crippen LogP contribution >= 0.6 is 11.8 Å². The summed E-state index contributed by atoms with van der Waals surface area (Å²) in [5.41, 5.74) is 0. The molecule has 1 saturated heterocycles. The second-order valence-corrected chi connectivity index (χ2v) is 3.81. The minimum Gasteiger partial charge on any atom is -0.548 e. The number of carbonyl (C=O) groups excluding carboxylic acids is 2. The van der Waals surface area contributed by atoms with Crippen molar-refractivity contribution in [2.75, 3.05) is 12.3 Å². The molecule has 1 fully saturated rings. The van der Waals surface area contributed by atoms with Crippen LogP contribution in [-0.4, -0.2) is 49.1 Å². The maximum Gasteiger partial charge on any atom is 0.239 e. The van der Waals surface area contributed by atoms with Crippen LogP contribution in [0.3, 0.4) is 0 Å². The molecule has 0 saturated carbocycles. The van der Waals surface area contributed by atoms with Gasteiger partial charge in [0.2, 0.25) is 5.91 Å². The second kappa shape index (κ2) is 4.31. The quantitative estimate of drug-likeness (QED) is 0.589. The molecule has 0 N–H and O–H groups in total. The lowest BCUT2D eigenvalue weighted by Gasteiger charge is -2.15. The summed E-state index contributed by atoms with van der Waals surface area (Å²) in [4.78, 5) is 22.8. The van der Waals surface area contributed by atoms with E-state index in [1.165, 1.54) is 17.3 Å². The van der Waals surface area contributed by atoms with Crippen LogP contribution in [0.1, 0.15) is 0 Å². The van der Waals surface area contributed by atoms with Crippen molar-refractivity contribution in [1.82, 2.24) is 19.8 Å². The van der Waals surface area contributed by atoms with Crippen molar-refractivity contribution < 1.29 is 14.7 Å². The molecule has 16 heavy (non-hydrogen) atoms. The van der Waals surface area contributed by atoms with Gasteiger partial charge in [-0.05, 0) is 0 Å². The van der Waals surface area contributed by atoms with E-state index >= 15 is 0 Å². The van der Waals surface area contributed by atoms with Gasteiger partial charge in [0.05, 0.1) is 18.3 Å². The predicted molar refractivity (Wildman–Crippen MR) is 52.0 cm³/mol. The van der Waals surface area contributed by atoms with Gasteiger partial charge in [-0.1, -0.05) is 11.8 Å². The molecule has 2 heterocycles. The molecule has 2 rings (SSSR count). The summed E-state index contributed by atoms with van der Waals surface area (Å²) < 4.78 is 1.29. The summed E-state index contributed by atoms with van der Waals surface area (Å²) >= 11 is 1.16. The number of rotatable bonds is 3. The molecule has 84 valence electrons. The molecule has 8 nitrogen and oxygen atoms in total. The molecule has 0 unspecified atom stereocenters. The fourth-order valence-corrected chi connectivity index (χ4v) is 1.98. The molecular weight excluding hydrogens is 234 g/mol. The number of carboxylic acid groups (broad SMARTS) is 1. The van der Waals surface area contributed by atoms with Gasteiger partial charge >= 0.3 is 0 Å². The van der Waals surface area contributed by atoms with Gasteiger partial charge in [0, 0.05) is 0 Å². The minimum absolute atomic E-state index is 0.175. The maximum atomic E-state index is 11.3. The van der Waals surface area contributed by atoms with Crippen LogP contribution in [0.15, 0.2) is 17.8 Å². The van der Waals surface area contributed by atoms with Crippen molar-refractivity contribution in [3.63, 3.8) is 0 Å². The molecule has 0 bridgehead atoms. The SMILES string of the molecule is O=C([O-])CN1C(=O)CS/C1=N/n1cnnc1. The molecule has 9 heteroatoms. The smallest absolute Gasteiger partial charge is 0.239 e.